The van der Waals surface area contributed by atoms with Gasteiger partial charge in [-0.05, 0) is 45.2 Å². The van der Waals surface area contributed by atoms with E-state index < -0.39 is 18.0 Å². The van der Waals surface area contributed by atoms with Crippen molar-refractivity contribution in [1.82, 2.24) is 15.5 Å². The zero-order valence-corrected chi connectivity index (χ0v) is 15.6. The first kappa shape index (κ1) is 18.8. The summed E-state index contributed by atoms with van der Waals surface area (Å²) in [6.45, 7) is 4.71. The molecule has 2 N–H and O–H groups in total. The monoisotopic (exact) mass is 373 g/mol. The van der Waals surface area contributed by atoms with Crippen molar-refractivity contribution in [3.63, 3.8) is 0 Å². The van der Waals surface area contributed by atoms with Gasteiger partial charge in [0.15, 0.2) is 0 Å². The highest BCUT2D eigenvalue weighted by Gasteiger charge is 2.35. The molecule has 27 heavy (non-hydrogen) atoms. The van der Waals surface area contributed by atoms with Crippen LogP contribution in [0.1, 0.15) is 30.2 Å². The van der Waals surface area contributed by atoms with Crippen LogP contribution >= 0.6 is 0 Å². The van der Waals surface area contributed by atoms with Crippen LogP contribution in [0.5, 0.6) is 0 Å². The Kier molecular flexibility index (Phi) is 5.66. The third kappa shape index (κ3) is 4.40. The number of urea groups is 1. The van der Waals surface area contributed by atoms with E-state index in [-0.39, 0.29) is 6.61 Å². The van der Waals surface area contributed by atoms with Crippen LogP contribution in [-0.2, 0) is 16.1 Å². The first-order valence-electron chi connectivity index (χ1n) is 8.73. The Labute approximate surface area is 157 Å². The molecule has 2 aromatic rings. The summed E-state index contributed by atoms with van der Waals surface area (Å²) >= 11 is 0. The number of amides is 2. The molecule has 1 aliphatic rings. The molecule has 1 atom stereocenters. The molecule has 3 rings (SSSR count). The highest BCUT2D eigenvalue weighted by atomic mass is 16.5. The maximum atomic E-state index is 12.6. The van der Waals surface area contributed by atoms with Crippen LogP contribution in [-0.4, -0.2) is 37.1 Å². The molecular weight excluding hydrogens is 350 g/mol. The summed E-state index contributed by atoms with van der Waals surface area (Å²) in [7, 11) is 1.88. The molecule has 0 bridgehead atoms. The maximum absolute atomic E-state index is 12.6. The summed E-state index contributed by atoms with van der Waals surface area (Å²) in [4.78, 5) is 26.7. The molecule has 144 valence electrons. The number of carbonyl (C=O) groups is 2. The molecule has 0 aliphatic carbocycles. The van der Waals surface area contributed by atoms with Gasteiger partial charge in [-0.2, -0.15) is 0 Å². The van der Waals surface area contributed by atoms with Crippen LogP contribution in [0.3, 0.4) is 0 Å². The third-order valence-corrected chi connectivity index (χ3v) is 4.13. The zero-order valence-electron chi connectivity index (χ0n) is 15.6. The van der Waals surface area contributed by atoms with Crippen LogP contribution in [0.4, 0.5) is 4.79 Å². The highest BCUT2D eigenvalue weighted by Crippen LogP contribution is 2.28. The smallest absolute Gasteiger partial charge is 0.338 e. The van der Waals surface area contributed by atoms with Gasteiger partial charge in [-0.15, -0.1) is 0 Å². The van der Waals surface area contributed by atoms with Crippen molar-refractivity contribution in [2.75, 3.05) is 20.2 Å². The molecule has 0 saturated heterocycles. The van der Waals surface area contributed by atoms with E-state index in [2.05, 4.69) is 10.6 Å². The molecule has 0 saturated carbocycles. The number of carbonyl (C=O) groups excluding carboxylic acids is 2. The number of nitrogens with one attached hydrogen (secondary N) is 2. The van der Waals surface area contributed by atoms with E-state index in [1.54, 1.807) is 19.1 Å². The molecule has 1 aliphatic heterocycles. The van der Waals surface area contributed by atoms with E-state index in [0.29, 0.717) is 30.1 Å². The fourth-order valence-electron chi connectivity index (χ4n) is 3.02. The Morgan fingerprint density at radius 2 is 2.11 bits per heavy atom. The van der Waals surface area contributed by atoms with Gasteiger partial charge >= 0.3 is 12.0 Å². The average molecular weight is 373 g/mol. The van der Waals surface area contributed by atoms with Gasteiger partial charge in [-0.3, -0.25) is 4.90 Å². The Morgan fingerprint density at radius 3 is 2.74 bits per heavy atom. The predicted molar refractivity (Wildman–Crippen MR) is 96.6 cm³/mol. The normalized spacial score (nSPS) is 17.0. The number of ether oxygens (including phenoxy) is 1. The minimum atomic E-state index is -0.706. The van der Waals surface area contributed by atoms with E-state index >= 15 is 0 Å². The number of esters is 1. The lowest BCUT2D eigenvalue weighted by atomic mass is 10.00. The molecule has 0 aromatic carbocycles. The van der Waals surface area contributed by atoms with Gasteiger partial charge in [0, 0.05) is 12.2 Å². The van der Waals surface area contributed by atoms with Crippen molar-refractivity contribution < 1.29 is 23.2 Å². The first-order chi connectivity index (χ1) is 13.0. The van der Waals surface area contributed by atoms with Gasteiger partial charge in [-0.1, -0.05) is 0 Å². The third-order valence-electron chi connectivity index (χ3n) is 4.13. The van der Waals surface area contributed by atoms with E-state index in [1.807, 2.05) is 31.0 Å². The van der Waals surface area contributed by atoms with Crippen LogP contribution in [0.15, 0.2) is 50.6 Å². The van der Waals surface area contributed by atoms with Crippen LogP contribution in [0.2, 0.25) is 0 Å². The number of rotatable bonds is 7. The summed E-state index contributed by atoms with van der Waals surface area (Å²) < 4.78 is 16.2. The Balaban J connectivity index is 1.89. The molecule has 0 spiro atoms. The topological polar surface area (TPSA) is 97.0 Å². The lowest BCUT2D eigenvalue weighted by Crippen LogP contribution is -2.48. The van der Waals surface area contributed by atoms with Gasteiger partial charge in [0.2, 0.25) is 0 Å². The highest BCUT2D eigenvalue weighted by molar-refractivity contribution is 5.95. The zero-order chi connectivity index (χ0) is 19.4. The number of hydrogen-bond donors (Lipinski definition) is 2. The summed E-state index contributed by atoms with van der Waals surface area (Å²) in [6, 6.07) is 6.11. The van der Waals surface area contributed by atoms with Gasteiger partial charge in [0.25, 0.3) is 0 Å². The van der Waals surface area contributed by atoms with Crippen molar-refractivity contribution in [1.29, 1.82) is 0 Å². The first-order valence-corrected chi connectivity index (χ1v) is 8.73. The SMILES string of the molecule is CCOC(=O)C1=C(CN(C)Cc2ccc(C)o2)NC(=O)N[C@H]1c1ccco1. The average Bonchev–Trinajstić information content (AvgIpc) is 3.26. The molecular formula is C19H23N3O5. The van der Waals surface area contributed by atoms with Gasteiger partial charge in [0.05, 0.1) is 25.0 Å². The quantitative estimate of drug-likeness (QED) is 0.724. The lowest BCUT2D eigenvalue weighted by Gasteiger charge is -2.29. The Morgan fingerprint density at radius 1 is 1.30 bits per heavy atom. The Bertz CT molecular complexity index is 837. The van der Waals surface area contributed by atoms with Crippen LogP contribution in [0, 0.1) is 6.92 Å². The standard InChI is InChI=1S/C19H23N3O5/c1-4-25-18(23)16-14(11-22(3)10-13-8-7-12(2)27-13)20-19(24)21-17(16)15-6-5-9-26-15/h5-9,17H,4,10-11H2,1-3H3,(H2,20,21,24)/t17-/m0/s1. The molecule has 2 aromatic heterocycles. The molecule has 8 nitrogen and oxygen atoms in total. The van der Waals surface area contributed by atoms with Gasteiger partial charge in [0.1, 0.15) is 23.3 Å². The van der Waals surface area contributed by atoms with Crippen molar-refractivity contribution in [3.05, 3.63) is 59.1 Å². The second kappa shape index (κ2) is 8.13. The van der Waals surface area contributed by atoms with Crippen LogP contribution in [0.25, 0.3) is 0 Å². The van der Waals surface area contributed by atoms with Crippen LogP contribution < -0.4 is 10.6 Å². The molecule has 0 radical (unpaired) electrons. The number of nitrogens with zero attached hydrogens (tertiary/aromatic N) is 1. The molecule has 2 amide bonds. The number of furan rings is 2. The van der Waals surface area contributed by atoms with E-state index in [1.165, 1.54) is 6.26 Å². The minimum Gasteiger partial charge on any atom is -0.467 e. The van der Waals surface area contributed by atoms with Crippen molar-refractivity contribution in [3.8, 4) is 0 Å². The van der Waals surface area contributed by atoms with E-state index in [4.69, 9.17) is 13.6 Å². The predicted octanol–water partition coefficient (Wildman–Crippen LogP) is 2.48. The second-order valence-electron chi connectivity index (χ2n) is 6.34. The fourth-order valence-corrected chi connectivity index (χ4v) is 3.02. The fraction of sp³-hybridized carbons (Fsp3) is 0.368. The lowest BCUT2D eigenvalue weighted by molar-refractivity contribution is -0.139. The van der Waals surface area contributed by atoms with Gasteiger partial charge < -0.3 is 24.2 Å². The van der Waals surface area contributed by atoms with E-state index in [0.717, 1.165) is 11.5 Å². The number of likely N-dealkylation sites (N-methyl/N-ethyl adjacent to an activating group) is 1. The number of hydrogen-bond acceptors (Lipinski definition) is 6. The summed E-state index contributed by atoms with van der Waals surface area (Å²) in [6.07, 6.45) is 1.50. The molecule has 8 heteroatoms. The number of aryl methyl sites for hydroxylation is 1. The summed E-state index contributed by atoms with van der Waals surface area (Å²) in [5.41, 5.74) is 0.804. The van der Waals surface area contributed by atoms with Gasteiger partial charge in [-0.25, -0.2) is 9.59 Å². The van der Waals surface area contributed by atoms with Crippen molar-refractivity contribution in [2.24, 2.45) is 0 Å². The Hall–Kier alpha value is -3.00. The second-order valence-corrected chi connectivity index (χ2v) is 6.34. The molecule has 0 unspecified atom stereocenters. The minimum absolute atomic E-state index is 0.232. The maximum Gasteiger partial charge on any atom is 0.338 e. The summed E-state index contributed by atoms with van der Waals surface area (Å²) in [5.74, 6) is 1.60. The molecule has 0 fully saturated rings. The van der Waals surface area contributed by atoms with Crippen molar-refractivity contribution in [2.45, 2.75) is 26.4 Å². The van der Waals surface area contributed by atoms with E-state index in [9.17, 15) is 9.59 Å². The molecule has 3 heterocycles. The summed E-state index contributed by atoms with van der Waals surface area (Å²) in [5, 5.41) is 5.46. The van der Waals surface area contributed by atoms with Crippen molar-refractivity contribution >= 4 is 12.0 Å². The largest absolute Gasteiger partial charge is 0.467 e.